The van der Waals surface area contributed by atoms with Crippen LogP contribution in [-0.4, -0.2) is 24.2 Å². The highest BCUT2D eigenvalue weighted by Crippen LogP contribution is 2.30. The Kier molecular flexibility index (Phi) is 3.06. The molecule has 1 aliphatic carbocycles. The quantitative estimate of drug-likeness (QED) is 0.527. The molecule has 0 aromatic heterocycles. The number of methoxy groups -OCH3 is 1. The highest BCUT2D eigenvalue weighted by Gasteiger charge is 2.22. The normalized spacial score (nSPS) is 14.7. The van der Waals surface area contributed by atoms with Gasteiger partial charge in [-0.05, 0) is 19.3 Å². The summed E-state index contributed by atoms with van der Waals surface area (Å²) in [4.78, 5) is 21.6. The minimum atomic E-state index is -0.986. The maximum atomic E-state index is 11.1. The third-order valence-electron chi connectivity index (χ3n) is 2.14. The molecule has 1 fully saturated rings. The molecule has 4 nitrogen and oxygen atoms in total. The van der Waals surface area contributed by atoms with E-state index in [0.717, 1.165) is 24.8 Å². The topological polar surface area (TPSA) is 63.6 Å². The van der Waals surface area contributed by atoms with E-state index < -0.39 is 11.9 Å². The van der Waals surface area contributed by atoms with Crippen LogP contribution >= 0.6 is 0 Å². The third-order valence-corrected chi connectivity index (χ3v) is 2.14. The zero-order chi connectivity index (χ0) is 9.84. The van der Waals surface area contributed by atoms with Crippen molar-refractivity contribution in [3.8, 4) is 0 Å². The second-order valence-corrected chi connectivity index (χ2v) is 3.00. The van der Waals surface area contributed by atoms with Crippen molar-refractivity contribution in [2.24, 2.45) is 0 Å². The molecule has 4 heteroatoms. The van der Waals surface area contributed by atoms with Gasteiger partial charge in [-0.2, -0.15) is 0 Å². The van der Waals surface area contributed by atoms with Crippen molar-refractivity contribution >= 4 is 11.9 Å². The fraction of sp³-hybridized carbons (Fsp3) is 0.556. The molecule has 1 aliphatic rings. The zero-order valence-corrected chi connectivity index (χ0v) is 7.50. The number of allylic oxidation sites excluding steroid dienone is 1. The summed E-state index contributed by atoms with van der Waals surface area (Å²) in [5, 5.41) is 8.55. The summed E-state index contributed by atoms with van der Waals surface area (Å²) < 4.78 is 4.51. The van der Waals surface area contributed by atoms with Crippen molar-refractivity contribution < 1.29 is 19.4 Å². The SMILES string of the molecule is COC(=O)C(CC(=O)O)=C1CCC1. The number of carboxylic acid groups (broad SMARTS) is 1. The van der Waals surface area contributed by atoms with E-state index in [4.69, 9.17) is 5.11 Å². The maximum Gasteiger partial charge on any atom is 0.334 e. The number of esters is 1. The largest absolute Gasteiger partial charge is 0.481 e. The van der Waals surface area contributed by atoms with E-state index in [-0.39, 0.29) is 6.42 Å². The van der Waals surface area contributed by atoms with E-state index in [9.17, 15) is 9.59 Å². The Hall–Kier alpha value is -1.32. The standard InChI is InChI=1S/C9H12O4/c1-13-9(12)7(5-8(10)11)6-3-2-4-6/h2-5H2,1H3,(H,10,11). The first-order chi connectivity index (χ1) is 6.15. The molecule has 0 aromatic rings. The van der Waals surface area contributed by atoms with Crippen molar-refractivity contribution in [1.82, 2.24) is 0 Å². The first-order valence-electron chi connectivity index (χ1n) is 4.16. The number of carbonyl (C=O) groups is 2. The van der Waals surface area contributed by atoms with Crippen LogP contribution in [0, 0.1) is 0 Å². The first-order valence-corrected chi connectivity index (χ1v) is 4.16. The molecule has 0 aromatic carbocycles. The van der Waals surface area contributed by atoms with Crippen LogP contribution in [0.2, 0.25) is 0 Å². The molecule has 1 saturated carbocycles. The number of ether oxygens (including phenoxy) is 1. The maximum absolute atomic E-state index is 11.1. The lowest BCUT2D eigenvalue weighted by Gasteiger charge is -2.19. The number of carboxylic acids is 1. The van der Waals surface area contributed by atoms with Gasteiger partial charge in [0.25, 0.3) is 0 Å². The average Bonchev–Trinajstić information content (AvgIpc) is 1.98. The smallest absolute Gasteiger partial charge is 0.334 e. The van der Waals surface area contributed by atoms with Crippen molar-refractivity contribution in [2.75, 3.05) is 7.11 Å². The van der Waals surface area contributed by atoms with E-state index in [1.165, 1.54) is 7.11 Å². The van der Waals surface area contributed by atoms with Crippen molar-refractivity contribution in [2.45, 2.75) is 25.7 Å². The third kappa shape index (κ3) is 2.31. The van der Waals surface area contributed by atoms with Crippen LogP contribution in [0.1, 0.15) is 25.7 Å². The zero-order valence-electron chi connectivity index (χ0n) is 7.50. The van der Waals surface area contributed by atoms with Gasteiger partial charge in [0.15, 0.2) is 0 Å². The van der Waals surface area contributed by atoms with Crippen LogP contribution in [0.15, 0.2) is 11.1 Å². The van der Waals surface area contributed by atoms with E-state index in [1.807, 2.05) is 0 Å². The van der Waals surface area contributed by atoms with Crippen LogP contribution in [0.5, 0.6) is 0 Å². The Morgan fingerprint density at radius 2 is 2.08 bits per heavy atom. The van der Waals surface area contributed by atoms with Gasteiger partial charge >= 0.3 is 11.9 Å². The Balaban J connectivity index is 2.76. The van der Waals surface area contributed by atoms with Gasteiger partial charge in [0.2, 0.25) is 0 Å². The van der Waals surface area contributed by atoms with Crippen LogP contribution in [-0.2, 0) is 14.3 Å². The van der Waals surface area contributed by atoms with Crippen molar-refractivity contribution in [3.63, 3.8) is 0 Å². The lowest BCUT2D eigenvalue weighted by atomic mass is 9.87. The number of carbonyl (C=O) groups excluding carboxylic acids is 1. The second-order valence-electron chi connectivity index (χ2n) is 3.00. The molecule has 1 rings (SSSR count). The predicted molar refractivity (Wildman–Crippen MR) is 45.1 cm³/mol. The molecule has 0 saturated heterocycles. The molecule has 0 aliphatic heterocycles. The molecule has 13 heavy (non-hydrogen) atoms. The van der Waals surface area contributed by atoms with E-state index in [0.29, 0.717) is 5.57 Å². The highest BCUT2D eigenvalue weighted by atomic mass is 16.5. The fourth-order valence-corrected chi connectivity index (χ4v) is 1.27. The molecule has 0 atom stereocenters. The molecule has 1 N–H and O–H groups in total. The van der Waals surface area contributed by atoms with Gasteiger partial charge in [0.1, 0.15) is 0 Å². The molecular formula is C9H12O4. The summed E-state index contributed by atoms with van der Waals surface area (Å²) >= 11 is 0. The predicted octanol–water partition coefficient (Wildman–Crippen LogP) is 1.11. The summed E-state index contributed by atoms with van der Waals surface area (Å²) in [5.74, 6) is -1.49. The first kappa shape index (κ1) is 9.77. The molecule has 0 amide bonds. The fourth-order valence-electron chi connectivity index (χ4n) is 1.27. The van der Waals surface area contributed by atoms with E-state index in [2.05, 4.69) is 4.74 Å². The van der Waals surface area contributed by atoms with Gasteiger partial charge in [0.05, 0.1) is 13.5 Å². The van der Waals surface area contributed by atoms with Gasteiger partial charge in [-0.25, -0.2) is 4.79 Å². The highest BCUT2D eigenvalue weighted by molar-refractivity contribution is 5.94. The number of aliphatic carboxylic acids is 1. The molecule has 0 radical (unpaired) electrons. The van der Waals surface area contributed by atoms with Gasteiger partial charge in [-0.15, -0.1) is 0 Å². The molecule has 72 valence electrons. The van der Waals surface area contributed by atoms with Gasteiger partial charge < -0.3 is 9.84 Å². The van der Waals surface area contributed by atoms with Crippen LogP contribution < -0.4 is 0 Å². The summed E-state index contributed by atoms with van der Waals surface area (Å²) in [6.45, 7) is 0. The molecule has 0 heterocycles. The second kappa shape index (κ2) is 4.07. The van der Waals surface area contributed by atoms with Crippen molar-refractivity contribution in [3.05, 3.63) is 11.1 Å². The molecule has 0 bridgehead atoms. The average molecular weight is 184 g/mol. The summed E-state index contributed by atoms with van der Waals surface area (Å²) in [6.07, 6.45) is 2.48. The number of rotatable bonds is 3. The number of hydrogen-bond acceptors (Lipinski definition) is 3. The van der Waals surface area contributed by atoms with Crippen LogP contribution in [0.3, 0.4) is 0 Å². The van der Waals surface area contributed by atoms with Crippen LogP contribution in [0.4, 0.5) is 0 Å². The van der Waals surface area contributed by atoms with Gasteiger partial charge in [-0.1, -0.05) is 5.57 Å². The summed E-state index contributed by atoms with van der Waals surface area (Å²) in [5.41, 5.74) is 1.27. The van der Waals surface area contributed by atoms with Gasteiger partial charge in [0, 0.05) is 5.57 Å². The van der Waals surface area contributed by atoms with E-state index >= 15 is 0 Å². The monoisotopic (exact) mass is 184 g/mol. The van der Waals surface area contributed by atoms with Crippen LogP contribution in [0.25, 0.3) is 0 Å². The summed E-state index contributed by atoms with van der Waals surface area (Å²) in [6, 6.07) is 0. The molecule has 0 unspecified atom stereocenters. The van der Waals surface area contributed by atoms with Gasteiger partial charge in [-0.3, -0.25) is 4.79 Å². The Labute approximate surface area is 76.2 Å². The van der Waals surface area contributed by atoms with E-state index in [1.54, 1.807) is 0 Å². The lowest BCUT2D eigenvalue weighted by molar-refractivity contribution is -0.141. The number of hydrogen-bond donors (Lipinski definition) is 1. The lowest BCUT2D eigenvalue weighted by Crippen LogP contribution is -2.15. The molecular weight excluding hydrogens is 172 g/mol. The Morgan fingerprint density at radius 1 is 1.46 bits per heavy atom. The summed E-state index contributed by atoms with van der Waals surface area (Å²) in [7, 11) is 1.27. The Bertz CT molecular complexity index is 259. The Morgan fingerprint density at radius 3 is 2.38 bits per heavy atom. The minimum Gasteiger partial charge on any atom is -0.481 e. The van der Waals surface area contributed by atoms with Crippen molar-refractivity contribution in [1.29, 1.82) is 0 Å². The minimum absolute atomic E-state index is 0.220. The molecule has 0 spiro atoms.